The van der Waals surface area contributed by atoms with Crippen LogP contribution in [0.3, 0.4) is 0 Å². The second-order valence-electron chi connectivity index (χ2n) is 3.52. The zero-order valence-corrected chi connectivity index (χ0v) is 9.70. The molecule has 1 aliphatic rings. The molecular formula is C11H11ClN2O3. The van der Waals surface area contributed by atoms with Gasteiger partial charge in [0.15, 0.2) is 0 Å². The van der Waals surface area contributed by atoms with Gasteiger partial charge in [0.25, 0.3) is 11.8 Å². The van der Waals surface area contributed by atoms with Crippen LogP contribution in [0, 0.1) is 0 Å². The van der Waals surface area contributed by atoms with E-state index in [4.69, 9.17) is 5.73 Å². The van der Waals surface area contributed by atoms with Gasteiger partial charge in [0, 0.05) is 13.0 Å². The normalized spacial score (nSPS) is 13.3. The maximum atomic E-state index is 11.8. The van der Waals surface area contributed by atoms with Crippen LogP contribution >= 0.6 is 12.4 Å². The molecule has 1 aromatic carbocycles. The first-order valence-corrected chi connectivity index (χ1v) is 4.85. The number of primary amides is 1. The van der Waals surface area contributed by atoms with Gasteiger partial charge in [-0.1, -0.05) is 12.1 Å². The SMILES string of the molecule is Cl.NC(=O)CCN1C(=O)c2ccccc2C1=O. The van der Waals surface area contributed by atoms with Gasteiger partial charge in [0.2, 0.25) is 5.91 Å². The average molecular weight is 255 g/mol. The second-order valence-corrected chi connectivity index (χ2v) is 3.52. The fraction of sp³-hybridized carbons (Fsp3) is 0.182. The number of fused-ring (bicyclic) bond motifs is 1. The van der Waals surface area contributed by atoms with Crippen molar-refractivity contribution in [2.75, 3.05) is 6.54 Å². The summed E-state index contributed by atoms with van der Waals surface area (Å²) in [6, 6.07) is 6.59. The van der Waals surface area contributed by atoms with Crippen molar-refractivity contribution >= 4 is 30.1 Å². The molecular weight excluding hydrogens is 244 g/mol. The number of nitrogens with zero attached hydrogens (tertiary/aromatic N) is 1. The molecule has 1 aliphatic heterocycles. The number of carbonyl (C=O) groups excluding carboxylic acids is 3. The third kappa shape index (κ3) is 2.29. The van der Waals surface area contributed by atoms with Crippen LogP contribution in [0.5, 0.6) is 0 Å². The lowest BCUT2D eigenvalue weighted by molar-refractivity contribution is -0.118. The molecule has 3 amide bonds. The largest absolute Gasteiger partial charge is 0.370 e. The van der Waals surface area contributed by atoms with Gasteiger partial charge in [0.1, 0.15) is 0 Å². The monoisotopic (exact) mass is 254 g/mol. The van der Waals surface area contributed by atoms with Crippen molar-refractivity contribution in [3.63, 3.8) is 0 Å². The molecule has 0 bridgehead atoms. The Kier molecular flexibility index (Phi) is 3.85. The summed E-state index contributed by atoms with van der Waals surface area (Å²) in [6.45, 7) is 0.0433. The number of halogens is 1. The lowest BCUT2D eigenvalue weighted by Gasteiger charge is -2.11. The Morgan fingerprint density at radius 3 is 2.00 bits per heavy atom. The summed E-state index contributed by atoms with van der Waals surface area (Å²) in [7, 11) is 0. The summed E-state index contributed by atoms with van der Waals surface area (Å²) >= 11 is 0. The minimum atomic E-state index is -0.531. The number of nitrogens with two attached hydrogens (primary N) is 1. The van der Waals surface area contributed by atoms with Crippen molar-refractivity contribution in [2.24, 2.45) is 5.73 Å². The fourth-order valence-corrected chi connectivity index (χ4v) is 1.66. The van der Waals surface area contributed by atoms with Gasteiger partial charge in [-0.2, -0.15) is 0 Å². The van der Waals surface area contributed by atoms with Crippen molar-refractivity contribution in [2.45, 2.75) is 6.42 Å². The molecule has 1 aromatic rings. The highest BCUT2D eigenvalue weighted by molar-refractivity contribution is 6.21. The Hall–Kier alpha value is -1.88. The molecule has 0 saturated carbocycles. The standard InChI is InChI=1S/C11H10N2O3.ClH/c12-9(14)5-6-13-10(15)7-3-1-2-4-8(7)11(13)16;/h1-4H,5-6H2,(H2,12,14);1H. The Morgan fingerprint density at radius 1 is 1.12 bits per heavy atom. The van der Waals surface area contributed by atoms with Crippen LogP contribution in [0.1, 0.15) is 27.1 Å². The molecule has 0 radical (unpaired) electrons. The van der Waals surface area contributed by atoms with Crippen molar-refractivity contribution in [3.05, 3.63) is 35.4 Å². The number of rotatable bonds is 3. The maximum absolute atomic E-state index is 11.8. The van der Waals surface area contributed by atoms with Gasteiger partial charge in [0.05, 0.1) is 11.1 Å². The molecule has 0 aromatic heterocycles. The number of imide groups is 1. The molecule has 17 heavy (non-hydrogen) atoms. The van der Waals surface area contributed by atoms with Gasteiger partial charge in [-0.3, -0.25) is 19.3 Å². The summed E-state index contributed by atoms with van der Waals surface area (Å²) in [6.07, 6.45) is -0.00846. The fourth-order valence-electron chi connectivity index (χ4n) is 1.66. The molecule has 0 atom stereocenters. The predicted octanol–water partition coefficient (Wildman–Crippen LogP) is 0.580. The predicted molar refractivity (Wildman–Crippen MR) is 62.9 cm³/mol. The number of carbonyl (C=O) groups is 3. The first-order chi connectivity index (χ1) is 7.61. The number of benzene rings is 1. The van der Waals surface area contributed by atoms with Crippen LogP contribution < -0.4 is 5.73 Å². The summed E-state index contributed by atoms with van der Waals surface area (Å²) in [5.41, 5.74) is 5.75. The van der Waals surface area contributed by atoms with Crippen LogP contribution in [0.4, 0.5) is 0 Å². The molecule has 2 N–H and O–H groups in total. The lowest BCUT2D eigenvalue weighted by Crippen LogP contribution is -2.33. The van der Waals surface area contributed by atoms with Crippen LogP contribution in [0.15, 0.2) is 24.3 Å². The topological polar surface area (TPSA) is 80.5 Å². The van der Waals surface area contributed by atoms with E-state index in [1.807, 2.05) is 0 Å². The number of amides is 3. The van der Waals surface area contributed by atoms with Crippen LogP contribution in [-0.4, -0.2) is 29.2 Å². The molecule has 0 spiro atoms. The van der Waals surface area contributed by atoms with E-state index in [9.17, 15) is 14.4 Å². The smallest absolute Gasteiger partial charge is 0.261 e. The van der Waals surface area contributed by atoms with Crippen molar-refractivity contribution in [1.29, 1.82) is 0 Å². The molecule has 2 rings (SSSR count). The number of hydrogen-bond donors (Lipinski definition) is 1. The van der Waals surface area contributed by atoms with Gasteiger partial charge in [-0.15, -0.1) is 12.4 Å². The minimum Gasteiger partial charge on any atom is -0.370 e. The van der Waals surface area contributed by atoms with Crippen LogP contribution in [0.2, 0.25) is 0 Å². The van der Waals surface area contributed by atoms with E-state index < -0.39 is 5.91 Å². The Balaban J connectivity index is 0.00000144. The van der Waals surface area contributed by atoms with Gasteiger partial charge >= 0.3 is 0 Å². The summed E-state index contributed by atoms with van der Waals surface area (Å²) in [5, 5.41) is 0. The van der Waals surface area contributed by atoms with Crippen LogP contribution in [-0.2, 0) is 4.79 Å². The molecule has 1 heterocycles. The van der Waals surface area contributed by atoms with E-state index in [0.717, 1.165) is 4.90 Å². The second kappa shape index (κ2) is 4.97. The van der Waals surface area contributed by atoms with Gasteiger partial charge in [-0.25, -0.2) is 0 Å². The molecule has 5 nitrogen and oxygen atoms in total. The molecule has 6 heteroatoms. The molecule has 90 valence electrons. The van der Waals surface area contributed by atoms with E-state index in [2.05, 4.69) is 0 Å². The third-order valence-corrected chi connectivity index (χ3v) is 2.46. The van der Waals surface area contributed by atoms with Crippen molar-refractivity contribution in [3.8, 4) is 0 Å². The Bertz CT molecular complexity index is 452. The van der Waals surface area contributed by atoms with E-state index in [1.54, 1.807) is 24.3 Å². The van der Waals surface area contributed by atoms with E-state index in [0.29, 0.717) is 11.1 Å². The first-order valence-electron chi connectivity index (χ1n) is 4.85. The third-order valence-electron chi connectivity index (χ3n) is 2.46. The molecule has 0 fully saturated rings. The van der Waals surface area contributed by atoms with E-state index in [-0.39, 0.29) is 37.2 Å². The van der Waals surface area contributed by atoms with Crippen molar-refractivity contribution in [1.82, 2.24) is 4.90 Å². The summed E-state index contributed by atoms with van der Waals surface area (Å²) in [5.74, 6) is -1.25. The highest BCUT2D eigenvalue weighted by atomic mass is 35.5. The minimum absolute atomic E-state index is 0. The van der Waals surface area contributed by atoms with Crippen LogP contribution in [0.25, 0.3) is 0 Å². The molecule has 0 unspecified atom stereocenters. The Labute approximate surface area is 104 Å². The average Bonchev–Trinajstić information content (AvgIpc) is 2.50. The zero-order valence-electron chi connectivity index (χ0n) is 8.88. The van der Waals surface area contributed by atoms with E-state index >= 15 is 0 Å². The quantitative estimate of drug-likeness (QED) is 0.801. The maximum Gasteiger partial charge on any atom is 0.261 e. The van der Waals surface area contributed by atoms with E-state index in [1.165, 1.54) is 0 Å². The zero-order chi connectivity index (χ0) is 11.7. The summed E-state index contributed by atoms with van der Waals surface area (Å²) < 4.78 is 0. The highest BCUT2D eigenvalue weighted by Gasteiger charge is 2.34. The first kappa shape index (κ1) is 13.2. The molecule has 0 aliphatic carbocycles. The highest BCUT2D eigenvalue weighted by Crippen LogP contribution is 2.22. The lowest BCUT2D eigenvalue weighted by atomic mass is 10.1. The van der Waals surface area contributed by atoms with Gasteiger partial charge < -0.3 is 5.73 Å². The molecule has 0 saturated heterocycles. The summed E-state index contributed by atoms with van der Waals surface area (Å²) in [4.78, 5) is 35.2. The van der Waals surface area contributed by atoms with Crippen molar-refractivity contribution < 1.29 is 14.4 Å². The Morgan fingerprint density at radius 2 is 1.59 bits per heavy atom. The van der Waals surface area contributed by atoms with Gasteiger partial charge in [-0.05, 0) is 12.1 Å². The number of hydrogen-bond acceptors (Lipinski definition) is 3.